The number of anilines is 1. The molecule has 1 heterocycles. The van der Waals surface area contributed by atoms with Gasteiger partial charge in [-0.15, -0.1) is 0 Å². The number of halogens is 3. The SMILES string of the molecule is CCN(CC)c1c(F)cc(-c2nc(C(C)(C)C)sc2F)cc1F. The number of benzene rings is 1. The van der Waals surface area contributed by atoms with Crippen LogP contribution in [0.25, 0.3) is 11.3 Å². The molecule has 0 bridgehead atoms. The van der Waals surface area contributed by atoms with E-state index in [1.165, 1.54) is 0 Å². The molecule has 0 aliphatic heterocycles. The molecule has 0 saturated heterocycles. The van der Waals surface area contributed by atoms with Crippen LogP contribution >= 0.6 is 11.3 Å². The van der Waals surface area contributed by atoms with E-state index in [1.54, 1.807) is 4.90 Å². The maximum Gasteiger partial charge on any atom is 0.204 e. The summed E-state index contributed by atoms with van der Waals surface area (Å²) in [5, 5.41) is 0.0722. The fraction of sp³-hybridized carbons (Fsp3) is 0.471. The van der Waals surface area contributed by atoms with Crippen LogP contribution in [0.5, 0.6) is 0 Å². The van der Waals surface area contributed by atoms with Crippen LogP contribution in [0.3, 0.4) is 0 Å². The molecule has 2 aromatic rings. The van der Waals surface area contributed by atoms with Gasteiger partial charge in [0.2, 0.25) is 5.13 Å². The molecule has 2 rings (SSSR count). The van der Waals surface area contributed by atoms with Gasteiger partial charge in [-0.3, -0.25) is 0 Å². The predicted octanol–water partition coefficient (Wildman–Crippen LogP) is 5.37. The van der Waals surface area contributed by atoms with Gasteiger partial charge in [0.25, 0.3) is 0 Å². The van der Waals surface area contributed by atoms with Gasteiger partial charge < -0.3 is 4.90 Å². The third-order valence-electron chi connectivity index (χ3n) is 3.60. The van der Waals surface area contributed by atoms with Crippen LogP contribution in [0, 0.1) is 16.8 Å². The van der Waals surface area contributed by atoms with E-state index in [0.717, 1.165) is 23.5 Å². The highest BCUT2D eigenvalue weighted by atomic mass is 32.1. The highest BCUT2D eigenvalue weighted by molar-refractivity contribution is 7.10. The van der Waals surface area contributed by atoms with Crippen molar-refractivity contribution < 1.29 is 13.2 Å². The first-order valence-corrected chi connectivity index (χ1v) is 8.41. The Balaban J connectivity index is 2.53. The lowest BCUT2D eigenvalue weighted by molar-refractivity contribution is 0.574. The summed E-state index contributed by atoms with van der Waals surface area (Å²) in [6.45, 7) is 10.4. The van der Waals surface area contributed by atoms with Crippen molar-refractivity contribution in [3.8, 4) is 11.3 Å². The second-order valence-electron chi connectivity index (χ2n) is 6.35. The van der Waals surface area contributed by atoms with Gasteiger partial charge in [0, 0.05) is 24.1 Å². The number of thiazole rings is 1. The summed E-state index contributed by atoms with van der Waals surface area (Å²) in [4.78, 5) is 5.83. The number of rotatable bonds is 4. The summed E-state index contributed by atoms with van der Waals surface area (Å²) in [6, 6.07) is 2.31. The van der Waals surface area contributed by atoms with E-state index in [-0.39, 0.29) is 22.4 Å². The lowest BCUT2D eigenvalue weighted by Crippen LogP contribution is -2.24. The Labute approximate surface area is 139 Å². The maximum absolute atomic E-state index is 14.4. The summed E-state index contributed by atoms with van der Waals surface area (Å²) in [5.74, 6) is -1.40. The van der Waals surface area contributed by atoms with Crippen LogP contribution in [-0.2, 0) is 5.41 Å². The molecule has 126 valence electrons. The molecule has 0 aliphatic carbocycles. The van der Waals surface area contributed by atoms with Crippen molar-refractivity contribution in [2.24, 2.45) is 0 Å². The highest BCUT2D eigenvalue weighted by Crippen LogP contribution is 2.35. The standard InChI is InChI=1S/C17H21F3N2S/c1-6-22(7-2)14-11(18)8-10(9-12(14)19)13-15(20)23-16(21-13)17(3,4)5/h8-9H,6-7H2,1-5H3. The average molecular weight is 342 g/mol. The van der Waals surface area contributed by atoms with E-state index >= 15 is 0 Å². The molecular weight excluding hydrogens is 321 g/mol. The fourth-order valence-corrected chi connectivity index (χ4v) is 3.22. The molecule has 0 saturated carbocycles. The number of aromatic nitrogens is 1. The van der Waals surface area contributed by atoms with E-state index in [0.29, 0.717) is 18.1 Å². The van der Waals surface area contributed by atoms with Crippen LogP contribution in [-0.4, -0.2) is 18.1 Å². The van der Waals surface area contributed by atoms with Crippen molar-refractivity contribution in [3.05, 3.63) is 33.9 Å². The minimum Gasteiger partial charge on any atom is -0.367 e. The Kier molecular flexibility index (Phi) is 5.04. The van der Waals surface area contributed by atoms with Gasteiger partial charge in [0.05, 0.1) is 0 Å². The molecule has 1 aromatic carbocycles. The van der Waals surface area contributed by atoms with Crippen LogP contribution in [0.15, 0.2) is 12.1 Å². The summed E-state index contributed by atoms with van der Waals surface area (Å²) in [5.41, 5.74) is -0.267. The molecule has 0 N–H and O–H groups in total. The zero-order valence-corrected chi connectivity index (χ0v) is 14.8. The van der Waals surface area contributed by atoms with Crippen molar-refractivity contribution in [2.75, 3.05) is 18.0 Å². The normalized spacial score (nSPS) is 11.8. The van der Waals surface area contributed by atoms with Gasteiger partial charge >= 0.3 is 0 Å². The minimum atomic E-state index is -0.701. The molecule has 0 radical (unpaired) electrons. The average Bonchev–Trinajstić information content (AvgIpc) is 2.84. The zero-order chi connectivity index (χ0) is 17.4. The Morgan fingerprint density at radius 2 is 1.57 bits per heavy atom. The summed E-state index contributed by atoms with van der Waals surface area (Å²) < 4.78 is 42.9. The molecule has 0 aliphatic rings. The zero-order valence-electron chi connectivity index (χ0n) is 14.0. The number of hydrogen-bond acceptors (Lipinski definition) is 3. The molecular formula is C17H21F3N2S. The first kappa shape index (κ1) is 17.8. The molecule has 0 amide bonds. The van der Waals surface area contributed by atoms with Gasteiger partial charge in [-0.2, -0.15) is 4.39 Å². The van der Waals surface area contributed by atoms with E-state index in [2.05, 4.69) is 4.98 Å². The Bertz CT molecular complexity index is 677. The Morgan fingerprint density at radius 1 is 1.04 bits per heavy atom. The Morgan fingerprint density at radius 3 is 1.96 bits per heavy atom. The second-order valence-corrected chi connectivity index (χ2v) is 7.30. The lowest BCUT2D eigenvalue weighted by atomic mass is 9.98. The van der Waals surface area contributed by atoms with Crippen molar-refractivity contribution in [2.45, 2.75) is 40.0 Å². The fourth-order valence-electron chi connectivity index (χ4n) is 2.34. The van der Waals surface area contributed by atoms with Crippen molar-refractivity contribution >= 4 is 17.0 Å². The smallest absolute Gasteiger partial charge is 0.204 e. The molecule has 0 spiro atoms. The highest BCUT2D eigenvalue weighted by Gasteiger charge is 2.24. The van der Waals surface area contributed by atoms with Crippen molar-refractivity contribution in [1.82, 2.24) is 4.98 Å². The van der Waals surface area contributed by atoms with E-state index < -0.39 is 16.8 Å². The largest absolute Gasteiger partial charge is 0.367 e. The predicted molar refractivity (Wildman–Crippen MR) is 89.7 cm³/mol. The van der Waals surface area contributed by atoms with E-state index in [4.69, 9.17) is 0 Å². The molecule has 1 aromatic heterocycles. The second kappa shape index (κ2) is 6.51. The van der Waals surface area contributed by atoms with Gasteiger partial charge in [0.15, 0.2) is 0 Å². The molecule has 0 unspecified atom stereocenters. The number of hydrogen-bond donors (Lipinski definition) is 0. The molecule has 0 fully saturated rings. The van der Waals surface area contributed by atoms with Gasteiger partial charge in [-0.25, -0.2) is 13.8 Å². The first-order chi connectivity index (χ1) is 10.7. The van der Waals surface area contributed by atoms with Gasteiger partial charge in [0.1, 0.15) is 28.0 Å². The quantitative estimate of drug-likeness (QED) is 0.742. The van der Waals surface area contributed by atoms with Crippen LogP contribution < -0.4 is 4.90 Å². The van der Waals surface area contributed by atoms with E-state index in [1.807, 2.05) is 34.6 Å². The third kappa shape index (κ3) is 3.52. The van der Waals surface area contributed by atoms with Gasteiger partial charge in [-0.1, -0.05) is 32.1 Å². The molecule has 23 heavy (non-hydrogen) atoms. The molecule has 6 heteroatoms. The third-order valence-corrected chi connectivity index (χ3v) is 4.87. The van der Waals surface area contributed by atoms with Crippen LogP contribution in [0.2, 0.25) is 0 Å². The monoisotopic (exact) mass is 342 g/mol. The first-order valence-electron chi connectivity index (χ1n) is 7.60. The summed E-state index contributed by atoms with van der Waals surface area (Å²) in [6.07, 6.45) is 0. The summed E-state index contributed by atoms with van der Waals surface area (Å²) >= 11 is 0.914. The maximum atomic E-state index is 14.4. The summed E-state index contributed by atoms with van der Waals surface area (Å²) in [7, 11) is 0. The molecule has 2 nitrogen and oxygen atoms in total. The van der Waals surface area contributed by atoms with Crippen LogP contribution in [0.1, 0.15) is 39.6 Å². The van der Waals surface area contributed by atoms with Crippen molar-refractivity contribution in [3.63, 3.8) is 0 Å². The minimum absolute atomic E-state index is 0.00354. The van der Waals surface area contributed by atoms with Crippen molar-refractivity contribution in [1.29, 1.82) is 0 Å². The Hall–Kier alpha value is -1.56. The van der Waals surface area contributed by atoms with Gasteiger partial charge in [-0.05, 0) is 26.0 Å². The van der Waals surface area contributed by atoms with E-state index in [9.17, 15) is 13.2 Å². The molecule has 0 atom stereocenters. The lowest BCUT2D eigenvalue weighted by Gasteiger charge is -2.22. The van der Waals surface area contributed by atoms with Crippen LogP contribution in [0.4, 0.5) is 18.9 Å². The topological polar surface area (TPSA) is 16.1 Å². The number of nitrogens with zero attached hydrogens (tertiary/aromatic N) is 2.